The molecule has 1 unspecified atom stereocenters. The second-order valence-electron chi connectivity index (χ2n) is 8.17. The third-order valence-electron chi connectivity index (χ3n) is 6.16. The lowest BCUT2D eigenvalue weighted by molar-refractivity contribution is 0.148. The Bertz CT molecular complexity index is 1140. The molecule has 31 heavy (non-hydrogen) atoms. The van der Waals surface area contributed by atoms with Crippen LogP contribution in [0.4, 0.5) is 0 Å². The topological polar surface area (TPSA) is 77.1 Å². The summed E-state index contributed by atoms with van der Waals surface area (Å²) < 4.78 is 0. The molecule has 0 aliphatic heterocycles. The molecule has 1 aliphatic rings. The van der Waals surface area contributed by atoms with Crippen LogP contribution in [0.5, 0.6) is 0 Å². The number of aromatic amines is 1. The molecule has 2 aromatic heterocycles. The third kappa shape index (κ3) is 4.23. The van der Waals surface area contributed by atoms with Crippen molar-refractivity contribution in [2.45, 2.75) is 44.9 Å². The number of rotatable bonds is 7. The monoisotopic (exact) mass is 413 g/mol. The SMILES string of the molecule is ONCc1ccccc1CN(Cc1nc2ccccc2[nH]1)C1CCCc2cccnc21. The minimum absolute atomic E-state index is 0.230. The van der Waals surface area contributed by atoms with Crippen LogP contribution in [0.1, 0.15) is 47.1 Å². The Hall–Kier alpha value is -3.06. The highest BCUT2D eigenvalue weighted by atomic mass is 16.5. The van der Waals surface area contributed by atoms with E-state index in [9.17, 15) is 5.21 Å². The van der Waals surface area contributed by atoms with Crippen LogP contribution in [0.15, 0.2) is 66.9 Å². The van der Waals surface area contributed by atoms with E-state index in [1.54, 1.807) is 0 Å². The van der Waals surface area contributed by atoms with Gasteiger partial charge in [-0.25, -0.2) is 10.5 Å². The summed E-state index contributed by atoms with van der Waals surface area (Å²) in [5.74, 6) is 0.960. The van der Waals surface area contributed by atoms with Crippen LogP contribution in [0, 0.1) is 0 Å². The Kier molecular flexibility index (Phi) is 5.76. The summed E-state index contributed by atoms with van der Waals surface area (Å²) in [7, 11) is 0. The number of aromatic nitrogens is 3. The highest BCUT2D eigenvalue weighted by molar-refractivity contribution is 5.74. The molecule has 0 amide bonds. The zero-order valence-electron chi connectivity index (χ0n) is 17.5. The molecule has 4 aromatic rings. The van der Waals surface area contributed by atoms with Gasteiger partial charge in [0.2, 0.25) is 0 Å². The van der Waals surface area contributed by atoms with Gasteiger partial charge >= 0.3 is 0 Å². The molecular formula is C25H27N5O. The number of benzene rings is 2. The molecule has 3 N–H and O–H groups in total. The fourth-order valence-corrected chi connectivity index (χ4v) is 4.68. The fraction of sp³-hybridized carbons (Fsp3) is 0.280. The molecular weight excluding hydrogens is 386 g/mol. The quantitative estimate of drug-likeness (QED) is 0.389. The van der Waals surface area contributed by atoms with E-state index in [0.717, 1.165) is 48.2 Å². The van der Waals surface area contributed by atoms with Crippen molar-refractivity contribution < 1.29 is 5.21 Å². The van der Waals surface area contributed by atoms with Gasteiger partial charge in [-0.2, -0.15) is 0 Å². The lowest BCUT2D eigenvalue weighted by Crippen LogP contribution is -2.32. The summed E-state index contributed by atoms with van der Waals surface area (Å²) in [6.07, 6.45) is 5.22. The Labute approximate surface area is 181 Å². The first kappa shape index (κ1) is 19.9. The van der Waals surface area contributed by atoms with Gasteiger partial charge in [0.05, 0.1) is 29.3 Å². The number of hydroxylamine groups is 1. The minimum atomic E-state index is 0.230. The number of nitrogens with one attached hydrogen (secondary N) is 2. The van der Waals surface area contributed by atoms with E-state index in [-0.39, 0.29) is 6.04 Å². The van der Waals surface area contributed by atoms with Crippen LogP contribution in [-0.2, 0) is 26.1 Å². The van der Waals surface area contributed by atoms with Crippen molar-refractivity contribution in [2.75, 3.05) is 0 Å². The normalized spacial score (nSPS) is 16.0. The van der Waals surface area contributed by atoms with E-state index in [2.05, 4.69) is 45.7 Å². The molecule has 0 spiro atoms. The van der Waals surface area contributed by atoms with Gasteiger partial charge in [0.15, 0.2) is 0 Å². The molecule has 0 saturated carbocycles. The van der Waals surface area contributed by atoms with Gasteiger partial charge in [0, 0.05) is 19.3 Å². The Morgan fingerprint density at radius 2 is 1.84 bits per heavy atom. The largest absolute Gasteiger partial charge is 0.341 e. The molecule has 158 valence electrons. The van der Waals surface area contributed by atoms with E-state index in [1.807, 2.05) is 36.5 Å². The van der Waals surface area contributed by atoms with Gasteiger partial charge in [0.25, 0.3) is 0 Å². The molecule has 0 radical (unpaired) electrons. The lowest BCUT2D eigenvalue weighted by Gasteiger charge is -2.35. The molecule has 0 fully saturated rings. The van der Waals surface area contributed by atoms with E-state index >= 15 is 0 Å². The van der Waals surface area contributed by atoms with Crippen molar-refractivity contribution >= 4 is 11.0 Å². The van der Waals surface area contributed by atoms with Gasteiger partial charge in [-0.3, -0.25) is 9.88 Å². The second kappa shape index (κ2) is 8.98. The average Bonchev–Trinajstić information content (AvgIpc) is 3.22. The van der Waals surface area contributed by atoms with Crippen molar-refractivity contribution in [2.24, 2.45) is 0 Å². The van der Waals surface area contributed by atoms with Crippen LogP contribution < -0.4 is 5.48 Å². The van der Waals surface area contributed by atoms with Crippen LogP contribution in [0.3, 0.4) is 0 Å². The first-order valence-electron chi connectivity index (χ1n) is 10.9. The zero-order chi connectivity index (χ0) is 21.0. The number of fused-ring (bicyclic) bond motifs is 2. The predicted octanol–water partition coefficient (Wildman–Crippen LogP) is 4.52. The number of imidazole rings is 1. The summed E-state index contributed by atoms with van der Waals surface area (Å²) in [6, 6.07) is 20.9. The fourth-order valence-electron chi connectivity index (χ4n) is 4.68. The smallest absolute Gasteiger partial charge is 0.121 e. The third-order valence-corrected chi connectivity index (χ3v) is 6.16. The van der Waals surface area contributed by atoms with Crippen molar-refractivity contribution in [3.63, 3.8) is 0 Å². The van der Waals surface area contributed by atoms with Crippen molar-refractivity contribution in [3.8, 4) is 0 Å². The molecule has 6 nitrogen and oxygen atoms in total. The van der Waals surface area contributed by atoms with Gasteiger partial charge < -0.3 is 10.2 Å². The van der Waals surface area contributed by atoms with Crippen molar-refractivity contribution in [3.05, 3.63) is 95.1 Å². The van der Waals surface area contributed by atoms with Gasteiger partial charge in [-0.1, -0.05) is 42.5 Å². The molecule has 5 rings (SSSR count). The first-order valence-corrected chi connectivity index (χ1v) is 10.9. The number of nitrogens with zero attached hydrogens (tertiary/aromatic N) is 3. The maximum atomic E-state index is 9.28. The molecule has 1 atom stereocenters. The molecule has 6 heteroatoms. The molecule has 0 bridgehead atoms. The summed E-state index contributed by atoms with van der Waals surface area (Å²) in [6.45, 7) is 1.89. The Morgan fingerprint density at radius 3 is 2.71 bits per heavy atom. The molecule has 2 heterocycles. The number of aryl methyl sites for hydroxylation is 1. The van der Waals surface area contributed by atoms with E-state index in [1.165, 1.54) is 16.8 Å². The minimum Gasteiger partial charge on any atom is -0.341 e. The molecule has 1 aliphatic carbocycles. The Balaban J connectivity index is 1.51. The summed E-state index contributed by atoms with van der Waals surface area (Å²) in [4.78, 5) is 15.6. The van der Waals surface area contributed by atoms with Crippen LogP contribution in [-0.4, -0.2) is 25.1 Å². The number of pyridine rings is 1. The lowest BCUT2D eigenvalue weighted by atomic mass is 9.90. The van der Waals surface area contributed by atoms with E-state index in [0.29, 0.717) is 13.1 Å². The van der Waals surface area contributed by atoms with Gasteiger partial charge in [-0.15, -0.1) is 0 Å². The van der Waals surface area contributed by atoms with Crippen LogP contribution in [0.2, 0.25) is 0 Å². The number of H-pyrrole nitrogens is 1. The van der Waals surface area contributed by atoms with Crippen LogP contribution in [0.25, 0.3) is 11.0 Å². The Morgan fingerprint density at radius 1 is 1.00 bits per heavy atom. The number of hydrogen-bond donors (Lipinski definition) is 3. The van der Waals surface area contributed by atoms with Crippen LogP contribution >= 0.6 is 0 Å². The highest BCUT2D eigenvalue weighted by Crippen LogP contribution is 2.35. The molecule has 2 aromatic carbocycles. The van der Waals surface area contributed by atoms with Crippen molar-refractivity contribution in [1.29, 1.82) is 0 Å². The highest BCUT2D eigenvalue weighted by Gasteiger charge is 2.28. The standard InChI is InChI=1S/C25H27N5O/c31-27-15-19-7-1-2-8-20(19)16-30(17-24-28-21-11-3-4-12-22(21)29-24)23-13-5-9-18-10-6-14-26-25(18)23/h1-4,6-8,10-12,14,23,27,31H,5,9,13,15-17H2,(H,28,29). The average molecular weight is 414 g/mol. The van der Waals surface area contributed by atoms with Gasteiger partial charge in [-0.05, 0) is 54.2 Å². The maximum absolute atomic E-state index is 9.28. The first-order chi connectivity index (χ1) is 15.3. The number of hydrogen-bond acceptors (Lipinski definition) is 5. The predicted molar refractivity (Wildman–Crippen MR) is 120 cm³/mol. The van der Waals surface area contributed by atoms with E-state index in [4.69, 9.17) is 9.97 Å². The summed E-state index contributed by atoms with van der Waals surface area (Å²) in [5, 5.41) is 9.28. The molecule has 0 saturated heterocycles. The maximum Gasteiger partial charge on any atom is 0.121 e. The van der Waals surface area contributed by atoms with E-state index < -0.39 is 0 Å². The second-order valence-corrected chi connectivity index (χ2v) is 8.17. The number of para-hydroxylation sites is 2. The zero-order valence-corrected chi connectivity index (χ0v) is 17.5. The van der Waals surface area contributed by atoms with Crippen molar-refractivity contribution in [1.82, 2.24) is 25.3 Å². The summed E-state index contributed by atoms with van der Waals surface area (Å²) in [5.41, 5.74) is 9.18. The summed E-state index contributed by atoms with van der Waals surface area (Å²) >= 11 is 0. The van der Waals surface area contributed by atoms with Gasteiger partial charge in [0.1, 0.15) is 5.82 Å².